The van der Waals surface area contributed by atoms with E-state index < -0.39 is 0 Å². The van der Waals surface area contributed by atoms with Crippen LogP contribution in [0.25, 0.3) is 22.2 Å². The SMILES string of the molecule is COc1ccc(Nc2nccc3[nH]c(-c4cn[nH]c4)cc23)cn1. The van der Waals surface area contributed by atoms with Crippen molar-refractivity contribution in [1.29, 1.82) is 0 Å². The standard InChI is InChI=1S/C16H14N6O/c1-23-15-3-2-11(9-18-15)21-16-12-6-14(10-7-19-20-8-10)22-13(12)4-5-17-16/h2-9,22H,1H3,(H,17,21)(H,19,20). The molecule has 114 valence electrons. The van der Waals surface area contributed by atoms with Crippen LogP contribution in [0.1, 0.15) is 0 Å². The van der Waals surface area contributed by atoms with Gasteiger partial charge in [0.25, 0.3) is 0 Å². The van der Waals surface area contributed by atoms with Crippen molar-refractivity contribution in [1.82, 2.24) is 25.1 Å². The van der Waals surface area contributed by atoms with Crippen molar-refractivity contribution in [3.8, 4) is 17.1 Å². The highest BCUT2D eigenvalue weighted by Crippen LogP contribution is 2.29. The zero-order chi connectivity index (χ0) is 15.6. The third kappa shape index (κ3) is 2.48. The van der Waals surface area contributed by atoms with Gasteiger partial charge in [0, 0.05) is 35.1 Å². The van der Waals surface area contributed by atoms with E-state index in [9.17, 15) is 0 Å². The number of nitrogens with zero attached hydrogens (tertiary/aromatic N) is 3. The molecule has 4 aromatic heterocycles. The molecule has 0 spiro atoms. The lowest BCUT2D eigenvalue weighted by molar-refractivity contribution is 0.398. The maximum atomic E-state index is 5.07. The number of methoxy groups -OCH3 is 1. The van der Waals surface area contributed by atoms with Gasteiger partial charge in [-0.2, -0.15) is 5.10 Å². The molecular weight excluding hydrogens is 292 g/mol. The van der Waals surface area contributed by atoms with Gasteiger partial charge >= 0.3 is 0 Å². The van der Waals surface area contributed by atoms with Gasteiger partial charge in [-0.3, -0.25) is 5.10 Å². The first-order chi connectivity index (χ1) is 11.3. The molecule has 0 saturated heterocycles. The maximum absolute atomic E-state index is 5.07. The summed E-state index contributed by atoms with van der Waals surface area (Å²) in [5.41, 5.74) is 3.83. The second kappa shape index (κ2) is 5.45. The molecular formula is C16H14N6O. The van der Waals surface area contributed by atoms with E-state index in [2.05, 4.69) is 30.5 Å². The number of ether oxygens (including phenoxy) is 1. The van der Waals surface area contributed by atoms with E-state index in [0.717, 1.165) is 33.7 Å². The van der Waals surface area contributed by atoms with E-state index in [1.807, 2.05) is 24.4 Å². The summed E-state index contributed by atoms with van der Waals surface area (Å²) in [6.07, 6.45) is 7.09. The molecule has 4 aromatic rings. The van der Waals surface area contributed by atoms with Crippen molar-refractivity contribution < 1.29 is 4.74 Å². The number of H-pyrrole nitrogens is 2. The van der Waals surface area contributed by atoms with E-state index in [4.69, 9.17) is 4.74 Å². The molecule has 0 atom stereocenters. The van der Waals surface area contributed by atoms with Gasteiger partial charge in [-0.15, -0.1) is 0 Å². The lowest BCUT2D eigenvalue weighted by atomic mass is 10.2. The van der Waals surface area contributed by atoms with Crippen LogP contribution >= 0.6 is 0 Å². The Balaban J connectivity index is 1.71. The van der Waals surface area contributed by atoms with E-state index in [-0.39, 0.29) is 0 Å². The van der Waals surface area contributed by atoms with Crippen LogP contribution in [0, 0.1) is 0 Å². The molecule has 0 fully saturated rings. The monoisotopic (exact) mass is 306 g/mol. The summed E-state index contributed by atoms with van der Waals surface area (Å²) in [4.78, 5) is 12.0. The van der Waals surface area contributed by atoms with E-state index in [1.165, 1.54) is 0 Å². The normalized spacial score (nSPS) is 10.8. The van der Waals surface area contributed by atoms with Crippen molar-refractivity contribution in [2.24, 2.45) is 0 Å². The van der Waals surface area contributed by atoms with Crippen LogP contribution < -0.4 is 10.1 Å². The Hall–Kier alpha value is -3.35. The van der Waals surface area contributed by atoms with Crippen LogP contribution in [0.2, 0.25) is 0 Å². The highest BCUT2D eigenvalue weighted by Gasteiger charge is 2.09. The van der Waals surface area contributed by atoms with Crippen molar-refractivity contribution in [2.75, 3.05) is 12.4 Å². The first-order valence-corrected chi connectivity index (χ1v) is 7.07. The van der Waals surface area contributed by atoms with Crippen LogP contribution in [-0.4, -0.2) is 32.3 Å². The summed E-state index contributed by atoms with van der Waals surface area (Å²) in [5, 5.41) is 11.1. The summed E-state index contributed by atoms with van der Waals surface area (Å²) >= 11 is 0. The molecule has 0 aliphatic carbocycles. The number of anilines is 2. The summed E-state index contributed by atoms with van der Waals surface area (Å²) in [6, 6.07) is 7.69. The van der Waals surface area contributed by atoms with Crippen LogP contribution in [-0.2, 0) is 0 Å². The second-order valence-corrected chi connectivity index (χ2v) is 5.01. The summed E-state index contributed by atoms with van der Waals surface area (Å²) in [5.74, 6) is 1.34. The molecule has 0 aliphatic heterocycles. The van der Waals surface area contributed by atoms with Gasteiger partial charge in [-0.1, -0.05) is 0 Å². The summed E-state index contributed by atoms with van der Waals surface area (Å²) in [7, 11) is 1.59. The predicted octanol–water partition coefficient (Wildman–Crippen LogP) is 3.10. The van der Waals surface area contributed by atoms with Crippen LogP contribution in [0.5, 0.6) is 5.88 Å². The minimum atomic E-state index is 0.575. The molecule has 7 heteroatoms. The smallest absolute Gasteiger partial charge is 0.213 e. The minimum Gasteiger partial charge on any atom is -0.481 e. The lowest BCUT2D eigenvalue weighted by Gasteiger charge is -2.06. The van der Waals surface area contributed by atoms with E-state index in [0.29, 0.717) is 5.88 Å². The third-order valence-electron chi connectivity index (χ3n) is 3.57. The fourth-order valence-electron chi connectivity index (χ4n) is 2.42. The molecule has 0 amide bonds. The number of fused-ring (bicyclic) bond motifs is 1. The first-order valence-electron chi connectivity index (χ1n) is 7.07. The average molecular weight is 306 g/mol. The fourth-order valence-corrected chi connectivity index (χ4v) is 2.42. The maximum Gasteiger partial charge on any atom is 0.213 e. The van der Waals surface area contributed by atoms with Crippen LogP contribution in [0.15, 0.2) is 49.1 Å². The minimum absolute atomic E-state index is 0.575. The third-order valence-corrected chi connectivity index (χ3v) is 3.57. The number of hydrogen-bond acceptors (Lipinski definition) is 5. The Kier molecular flexibility index (Phi) is 3.16. The highest BCUT2D eigenvalue weighted by atomic mass is 16.5. The number of aromatic amines is 2. The predicted molar refractivity (Wildman–Crippen MR) is 87.7 cm³/mol. The molecule has 3 N–H and O–H groups in total. The van der Waals surface area contributed by atoms with Gasteiger partial charge in [0.15, 0.2) is 0 Å². The van der Waals surface area contributed by atoms with Crippen LogP contribution in [0.3, 0.4) is 0 Å². The average Bonchev–Trinajstić information content (AvgIpc) is 3.25. The number of rotatable bonds is 4. The number of hydrogen-bond donors (Lipinski definition) is 3. The van der Waals surface area contributed by atoms with Gasteiger partial charge in [-0.25, -0.2) is 9.97 Å². The Morgan fingerprint density at radius 1 is 1.13 bits per heavy atom. The molecule has 0 aromatic carbocycles. The molecule has 0 unspecified atom stereocenters. The molecule has 4 heterocycles. The van der Waals surface area contributed by atoms with Crippen molar-refractivity contribution in [2.45, 2.75) is 0 Å². The Morgan fingerprint density at radius 3 is 2.83 bits per heavy atom. The number of nitrogens with one attached hydrogen (secondary N) is 3. The molecule has 0 aliphatic rings. The molecule has 0 radical (unpaired) electrons. The number of pyridine rings is 2. The zero-order valence-corrected chi connectivity index (χ0v) is 12.4. The van der Waals surface area contributed by atoms with Crippen molar-refractivity contribution in [3.63, 3.8) is 0 Å². The lowest BCUT2D eigenvalue weighted by Crippen LogP contribution is -1.95. The van der Waals surface area contributed by atoms with E-state index >= 15 is 0 Å². The summed E-state index contributed by atoms with van der Waals surface area (Å²) < 4.78 is 5.07. The molecule has 23 heavy (non-hydrogen) atoms. The molecule has 7 nitrogen and oxygen atoms in total. The largest absolute Gasteiger partial charge is 0.481 e. The van der Waals surface area contributed by atoms with Crippen LogP contribution in [0.4, 0.5) is 11.5 Å². The Labute approximate surface area is 131 Å². The van der Waals surface area contributed by atoms with Gasteiger partial charge in [0.05, 0.1) is 30.7 Å². The fraction of sp³-hybridized carbons (Fsp3) is 0.0625. The molecule has 0 bridgehead atoms. The topological polar surface area (TPSA) is 91.5 Å². The van der Waals surface area contributed by atoms with Gasteiger partial charge in [0.1, 0.15) is 5.82 Å². The Bertz CT molecular complexity index is 927. The second-order valence-electron chi connectivity index (χ2n) is 5.01. The number of aromatic nitrogens is 5. The Morgan fingerprint density at radius 2 is 2.09 bits per heavy atom. The van der Waals surface area contributed by atoms with Gasteiger partial charge < -0.3 is 15.0 Å². The first kappa shape index (κ1) is 13.3. The summed E-state index contributed by atoms with van der Waals surface area (Å²) in [6.45, 7) is 0. The molecule has 0 saturated carbocycles. The van der Waals surface area contributed by atoms with Crippen molar-refractivity contribution in [3.05, 3.63) is 49.1 Å². The highest BCUT2D eigenvalue weighted by molar-refractivity contribution is 5.94. The quantitative estimate of drug-likeness (QED) is 0.539. The van der Waals surface area contributed by atoms with Crippen molar-refractivity contribution >= 4 is 22.4 Å². The van der Waals surface area contributed by atoms with Gasteiger partial charge in [0.2, 0.25) is 5.88 Å². The zero-order valence-electron chi connectivity index (χ0n) is 12.4. The van der Waals surface area contributed by atoms with Gasteiger partial charge in [-0.05, 0) is 18.2 Å². The molecule has 4 rings (SSSR count). The van der Waals surface area contributed by atoms with E-state index in [1.54, 1.807) is 31.8 Å².